The zero-order valence-electron chi connectivity index (χ0n) is 26.4. The van der Waals surface area contributed by atoms with Gasteiger partial charge in [-0.05, 0) is 98.4 Å². The highest BCUT2D eigenvalue weighted by atomic mass is 32.2. The molecule has 46 heavy (non-hydrogen) atoms. The average Bonchev–Trinajstić information content (AvgIpc) is 3.75. The Labute approximate surface area is 280 Å². The molecule has 0 saturated heterocycles. The van der Waals surface area contributed by atoms with Gasteiger partial charge in [-0.3, -0.25) is 4.79 Å². The molecular weight excluding hydrogens is 615 g/mol. The Hall–Kier alpha value is -3.75. The minimum absolute atomic E-state index is 0.107. The lowest BCUT2D eigenvalue weighted by Gasteiger charge is -2.20. The van der Waals surface area contributed by atoms with E-state index in [2.05, 4.69) is 35.7 Å². The fourth-order valence-electron chi connectivity index (χ4n) is 5.17. The Morgan fingerprint density at radius 2 is 1.43 bits per heavy atom. The monoisotopic (exact) mass is 655 g/mol. The second kappa shape index (κ2) is 16.7. The van der Waals surface area contributed by atoms with Gasteiger partial charge in [0.25, 0.3) is 5.91 Å². The quantitative estimate of drug-likeness (QED) is 0.106. The van der Waals surface area contributed by atoms with Crippen LogP contribution in [-0.4, -0.2) is 41.2 Å². The number of carbonyl (C=O) groups excluding carboxylic acids is 3. The van der Waals surface area contributed by atoms with Gasteiger partial charge >= 0.3 is 11.9 Å². The Balaban J connectivity index is 1.25. The summed E-state index contributed by atoms with van der Waals surface area (Å²) in [6.45, 7) is 3.61. The molecule has 2 atom stereocenters. The molecule has 0 heterocycles. The lowest BCUT2D eigenvalue weighted by atomic mass is 9.98. The predicted octanol–water partition coefficient (Wildman–Crippen LogP) is 8.70. The van der Waals surface area contributed by atoms with Crippen molar-refractivity contribution in [1.82, 2.24) is 5.32 Å². The minimum atomic E-state index is -0.805. The van der Waals surface area contributed by atoms with E-state index in [0.29, 0.717) is 28.2 Å². The van der Waals surface area contributed by atoms with E-state index >= 15 is 0 Å². The molecule has 0 radical (unpaired) electrons. The van der Waals surface area contributed by atoms with Crippen molar-refractivity contribution < 1.29 is 23.9 Å². The van der Waals surface area contributed by atoms with Crippen LogP contribution in [0.15, 0.2) is 107 Å². The van der Waals surface area contributed by atoms with E-state index in [0.717, 1.165) is 23.7 Å². The molecule has 1 N–H and O–H groups in total. The normalized spacial score (nSPS) is 16.8. The molecule has 2 fully saturated rings. The first-order valence-corrected chi connectivity index (χ1v) is 17.8. The molecule has 2 aliphatic carbocycles. The van der Waals surface area contributed by atoms with Crippen molar-refractivity contribution in [1.29, 1.82) is 0 Å². The molecule has 1 amide bonds. The van der Waals surface area contributed by atoms with Crippen LogP contribution in [0.3, 0.4) is 0 Å². The molecule has 3 aromatic rings. The molecule has 2 saturated carbocycles. The summed E-state index contributed by atoms with van der Waals surface area (Å²) < 4.78 is 11.4. The van der Waals surface area contributed by atoms with Gasteiger partial charge in [0, 0.05) is 15.7 Å². The number of hydrogen-bond acceptors (Lipinski definition) is 7. The lowest BCUT2D eigenvalue weighted by Crippen LogP contribution is -2.31. The highest BCUT2D eigenvalue weighted by Crippen LogP contribution is 2.39. The summed E-state index contributed by atoms with van der Waals surface area (Å²) in [5, 5.41) is 5.47. The van der Waals surface area contributed by atoms with Crippen molar-refractivity contribution in [3.63, 3.8) is 0 Å². The number of amides is 1. The van der Waals surface area contributed by atoms with E-state index in [9.17, 15) is 14.4 Å². The van der Waals surface area contributed by atoms with Gasteiger partial charge in [0.15, 0.2) is 6.10 Å². The summed E-state index contributed by atoms with van der Waals surface area (Å²) in [5.74, 6) is -0.707. The summed E-state index contributed by atoms with van der Waals surface area (Å²) >= 11 is 3.32. The maximum Gasteiger partial charge on any atom is 0.338 e. The van der Waals surface area contributed by atoms with Crippen molar-refractivity contribution in [2.45, 2.75) is 74.0 Å². The van der Waals surface area contributed by atoms with Gasteiger partial charge in [-0.25, -0.2) is 9.59 Å². The van der Waals surface area contributed by atoms with Crippen LogP contribution in [0.4, 0.5) is 0 Å². The van der Waals surface area contributed by atoms with Crippen molar-refractivity contribution >= 4 is 46.9 Å². The first kappa shape index (κ1) is 33.6. The van der Waals surface area contributed by atoms with Gasteiger partial charge in [0.1, 0.15) is 6.61 Å². The number of carbonyl (C=O) groups is 3. The number of nitrogens with one attached hydrogen (secondary N) is 1. The van der Waals surface area contributed by atoms with E-state index in [-0.39, 0.29) is 17.9 Å². The van der Waals surface area contributed by atoms with Gasteiger partial charge in [-0.15, -0.1) is 23.5 Å². The standard InChI is InChI=1S/C38H41NO5S2/c1-26(35(44-38(42)31-15-7-4-8-16-31)24-43-37(41)30-13-5-3-6-14-30)25-45-27(2)39-36(40)34(23-28-11-9-10-12-28)29-17-19-32(20-18-29)46-33-21-22-33/h3-8,13-20,23,25,27-28,33,35H,9-12,21-22,24H2,1-2H3,(H,39,40)/b26-25+,34-23+/t27?,35-/m1/s1. The third-order valence-electron chi connectivity index (χ3n) is 7.97. The number of allylic oxidation sites excluding steroid dienone is 1. The zero-order chi connectivity index (χ0) is 32.3. The fraction of sp³-hybridized carbons (Fsp3) is 0.342. The van der Waals surface area contributed by atoms with Gasteiger partial charge in [0.05, 0.1) is 16.5 Å². The van der Waals surface area contributed by atoms with E-state index in [1.807, 2.05) is 43.2 Å². The molecule has 0 bridgehead atoms. The van der Waals surface area contributed by atoms with Crippen LogP contribution < -0.4 is 5.32 Å². The first-order chi connectivity index (χ1) is 22.4. The first-order valence-electron chi connectivity index (χ1n) is 16.0. The molecule has 2 aliphatic rings. The van der Waals surface area contributed by atoms with Crippen LogP contribution in [0.5, 0.6) is 0 Å². The molecule has 0 aromatic heterocycles. The third kappa shape index (κ3) is 10.1. The second-order valence-corrected chi connectivity index (χ2v) is 14.4. The lowest BCUT2D eigenvalue weighted by molar-refractivity contribution is -0.115. The number of hydrogen-bond donors (Lipinski definition) is 1. The van der Waals surface area contributed by atoms with Crippen molar-refractivity contribution in [2.75, 3.05) is 6.61 Å². The van der Waals surface area contributed by atoms with E-state index in [4.69, 9.17) is 9.47 Å². The van der Waals surface area contributed by atoms with Gasteiger partial charge in [-0.1, -0.05) is 67.4 Å². The van der Waals surface area contributed by atoms with Crippen molar-refractivity contribution in [2.24, 2.45) is 5.92 Å². The number of rotatable bonds is 14. The summed E-state index contributed by atoms with van der Waals surface area (Å²) in [7, 11) is 0. The average molecular weight is 656 g/mol. The zero-order valence-corrected chi connectivity index (χ0v) is 28.0. The Morgan fingerprint density at radius 1 is 0.826 bits per heavy atom. The topological polar surface area (TPSA) is 81.7 Å². The van der Waals surface area contributed by atoms with Crippen LogP contribution >= 0.6 is 23.5 Å². The molecule has 6 nitrogen and oxygen atoms in total. The van der Waals surface area contributed by atoms with Crippen molar-refractivity contribution in [3.05, 3.63) is 119 Å². The highest BCUT2D eigenvalue weighted by Gasteiger charge is 2.24. The van der Waals surface area contributed by atoms with E-state index in [1.54, 1.807) is 48.5 Å². The van der Waals surface area contributed by atoms with Crippen LogP contribution in [-0.2, 0) is 14.3 Å². The van der Waals surface area contributed by atoms with Gasteiger partial charge < -0.3 is 14.8 Å². The molecule has 1 unspecified atom stereocenters. The number of esters is 2. The molecule has 5 rings (SSSR count). The van der Waals surface area contributed by atoms with Gasteiger partial charge in [0.2, 0.25) is 0 Å². The number of ether oxygens (including phenoxy) is 2. The summed E-state index contributed by atoms with van der Waals surface area (Å²) in [6.07, 6.45) is 8.51. The summed E-state index contributed by atoms with van der Waals surface area (Å²) in [4.78, 5) is 40.5. The SMILES string of the molecule is C/C(=C\SC(C)NC(=O)/C(=C/C1CCCC1)c1ccc(SC2CC2)cc1)[C@@H](COC(=O)c1ccccc1)OC(=O)c1ccccc1. The smallest absolute Gasteiger partial charge is 0.338 e. The predicted molar refractivity (Wildman–Crippen MR) is 187 cm³/mol. The van der Waals surface area contributed by atoms with Gasteiger partial charge in [-0.2, -0.15) is 0 Å². The van der Waals surface area contributed by atoms with E-state index in [1.165, 1.54) is 42.3 Å². The molecular formula is C38H41NO5S2. The van der Waals surface area contributed by atoms with Crippen molar-refractivity contribution in [3.8, 4) is 0 Å². The molecule has 240 valence electrons. The maximum absolute atomic E-state index is 13.7. The molecule has 0 spiro atoms. The highest BCUT2D eigenvalue weighted by molar-refractivity contribution is 8.02. The number of thioether (sulfide) groups is 2. The maximum atomic E-state index is 13.7. The minimum Gasteiger partial charge on any atom is -0.458 e. The van der Waals surface area contributed by atoms with Crippen LogP contribution in [0.25, 0.3) is 5.57 Å². The second-order valence-electron chi connectivity index (χ2n) is 11.8. The number of benzene rings is 3. The van der Waals surface area contributed by atoms with Crippen LogP contribution in [0.1, 0.15) is 78.7 Å². The Kier molecular flexibility index (Phi) is 12.2. The Morgan fingerprint density at radius 3 is 2.04 bits per heavy atom. The third-order valence-corrected chi connectivity index (χ3v) is 10.4. The largest absolute Gasteiger partial charge is 0.458 e. The molecule has 8 heteroatoms. The molecule has 0 aliphatic heterocycles. The summed E-state index contributed by atoms with van der Waals surface area (Å²) in [5.41, 5.74) is 3.17. The van der Waals surface area contributed by atoms with Crippen LogP contribution in [0, 0.1) is 5.92 Å². The fourth-order valence-corrected chi connectivity index (χ4v) is 6.97. The molecule has 3 aromatic carbocycles. The Bertz CT molecular complexity index is 1530. The van der Waals surface area contributed by atoms with E-state index < -0.39 is 18.0 Å². The van der Waals surface area contributed by atoms with Crippen LogP contribution in [0.2, 0.25) is 0 Å². The summed E-state index contributed by atoms with van der Waals surface area (Å²) in [6, 6.07) is 25.8.